The Labute approximate surface area is 79.6 Å². The van der Waals surface area contributed by atoms with Crippen LogP contribution in [0.4, 0.5) is 0 Å². The second-order valence-electron chi connectivity index (χ2n) is 3.19. The van der Waals surface area contributed by atoms with E-state index in [1.54, 1.807) is 0 Å². The van der Waals surface area contributed by atoms with E-state index in [0.29, 0.717) is 12.5 Å². The first-order valence-electron chi connectivity index (χ1n) is 4.68. The molecule has 13 heavy (non-hydrogen) atoms. The van der Waals surface area contributed by atoms with Gasteiger partial charge in [-0.25, -0.2) is 0 Å². The summed E-state index contributed by atoms with van der Waals surface area (Å²) in [4.78, 5) is 2.31. The highest BCUT2D eigenvalue weighted by Crippen LogP contribution is 2.10. The summed E-state index contributed by atoms with van der Waals surface area (Å²) in [6.45, 7) is 7.18. The zero-order valence-corrected chi connectivity index (χ0v) is 7.91. The predicted molar refractivity (Wildman–Crippen MR) is 51.2 cm³/mol. The van der Waals surface area contributed by atoms with E-state index in [1.807, 2.05) is 6.08 Å². The van der Waals surface area contributed by atoms with Crippen molar-refractivity contribution in [2.24, 2.45) is 0 Å². The lowest BCUT2D eigenvalue weighted by Crippen LogP contribution is -2.43. The summed E-state index contributed by atoms with van der Waals surface area (Å²) >= 11 is 0. The first-order chi connectivity index (χ1) is 6.38. The lowest BCUT2D eigenvalue weighted by molar-refractivity contribution is 0.0180. The number of ether oxygens (including phenoxy) is 1. The van der Waals surface area contributed by atoms with Gasteiger partial charge in [-0.15, -0.1) is 6.58 Å². The molecule has 1 heterocycles. The van der Waals surface area contributed by atoms with Gasteiger partial charge in [-0.05, 0) is 6.42 Å². The van der Waals surface area contributed by atoms with Gasteiger partial charge in [0.05, 0.1) is 25.7 Å². The van der Waals surface area contributed by atoms with E-state index in [0.717, 1.165) is 32.7 Å². The highest BCUT2D eigenvalue weighted by Gasteiger charge is 2.19. The van der Waals surface area contributed by atoms with Crippen LogP contribution in [-0.2, 0) is 4.74 Å². The van der Waals surface area contributed by atoms with Crippen LogP contribution in [0.3, 0.4) is 0 Å². The molecule has 1 rings (SSSR count). The van der Waals surface area contributed by atoms with E-state index in [2.05, 4.69) is 17.5 Å². The van der Waals surface area contributed by atoms with Crippen LogP contribution in [0.5, 0.6) is 0 Å². The van der Waals surface area contributed by atoms with E-state index in [1.165, 1.54) is 0 Å². The molecule has 1 atom stereocenters. The van der Waals surface area contributed by atoms with E-state index in [4.69, 9.17) is 10.00 Å². The Hall–Kier alpha value is -0.850. The van der Waals surface area contributed by atoms with Crippen LogP contribution in [0.2, 0.25) is 0 Å². The summed E-state index contributed by atoms with van der Waals surface area (Å²) in [7, 11) is 0. The molecule has 0 aromatic rings. The third kappa shape index (κ3) is 3.17. The van der Waals surface area contributed by atoms with Gasteiger partial charge in [0.1, 0.15) is 0 Å². The van der Waals surface area contributed by atoms with Crippen molar-refractivity contribution in [1.82, 2.24) is 4.90 Å². The van der Waals surface area contributed by atoms with Crippen LogP contribution in [0.1, 0.15) is 12.8 Å². The van der Waals surface area contributed by atoms with Gasteiger partial charge in [0.2, 0.25) is 0 Å². The maximum absolute atomic E-state index is 8.65. The molecule has 0 radical (unpaired) electrons. The van der Waals surface area contributed by atoms with Crippen LogP contribution in [0, 0.1) is 11.3 Å². The van der Waals surface area contributed by atoms with Gasteiger partial charge >= 0.3 is 0 Å². The number of nitrogens with zero attached hydrogens (tertiary/aromatic N) is 2. The first kappa shape index (κ1) is 10.2. The van der Waals surface area contributed by atoms with Crippen molar-refractivity contribution in [3.63, 3.8) is 0 Å². The highest BCUT2D eigenvalue weighted by molar-refractivity contribution is 4.88. The van der Waals surface area contributed by atoms with Gasteiger partial charge in [-0.3, -0.25) is 4.90 Å². The van der Waals surface area contributed by atoms with Crippen molar-refractivity contribution < 1.29 is 4.74 Å². The van der Waals surface area contributed by atoms with E-state index in [9.17, 15) is 0 Å². The molecular weight excluding hydrogens is 164 g/mol. The Morgan fingerprint density at radius 3 is 2.77 bits per heavy atom. The molecule has 0 aliphatic carbocycles. The van der Waals surface area contributed by atoms with Gasteiger partial charge in [0, 0.05) is 19.1 Å². The van der Waals surface area contributed by atoms with Crippen LogP contribution in [0.25, 0.3) is 0 Å². The fourth-order valence-electron chi connectivity index (χ4n) is 1.60. The minimum atomic E-state index is 0.339. The Morgan fingerprint density at radius 1 is 1.54 bits per heavy atom. The Bertz CT molecular complexity index is 192. The van der Waals surface area contributed by atoms with Gasteiger partial charge in [0.15, 0.2) is 0 Å². The number of hydrogen-bond donors (Lipinski definition) is 0. The molecule has 3 nitrogen and oxygen atoms in total. The molecule has 1 aliphatic rings. The highest BCUT2D eigenvalue weighted by atomic mass is 16.5. The first-order valence-corrected chi connectivity index (χ1v) is 4.68. The maximum atomic E-state index is 8.65. The molecular formula is C10H16N2O. The molecule has 1 fully saturated rings. The second kappa shape index (κ2) is 5.74. The Morgan fingerprint density at radius 2 is 2.23 bits per heavy atom. The monoisotopic (exact) mass is 180 g/mol. The van der Waals surface area contributed by atoms with Gasteiger partial charge in [-0.2, -0.15) is 5.26 Å². The molecule has 0 spiro atoms. The summed E-state index contributed by atoms with van der Waals surface area (Å²) in [5.74, 6) is 0. The molecule has 0 N–H and O–H groups in total. The molecule has 0 amide bonds. The van der Waals surface area contributed by atoms with Crippen LogP contribution in [-0.4, -0.2) is 37.2 Å². The number of rotatable bonds is 4. The van der Waals surface area contributed by atoms with Crippen molar-refractivity contribution in [3.05, 3.63) is 12.7 Å². The fourth-order valence-corrected chi connectivity index (χ4v) is 1.60. The van der Waals surface area contributed by atoms with Crippen molar-refractivity contribution in [2.45, 2.75) is 18.9 Å². The van der Waals surface area contributed by atoms with E-state index < -0.39 is 0 Å². The average Bonchev–Trinajstić information content (AvgIpc) is 2.19. The smallest absolute Gasteiger partial charge is 0.0638 e. The molecule has 0 bridgehead atoms. The lowest BCUT2D eigenvalue weighted by Gasteiger charge is -2.32. The predicted octanol–water partition coefficient (Wildman–Crippen LogP) is 1.18. The van der Waals surface area contributed by atoms with Gasteiger partial charge in [-0.1, -0.05) is 6.08 Å². The zero-order valence-electron chi connectivity index (χ0n) is 7.91. The number of morpholine rings is 1. The standard InChI is InChI=1S/C10H16N2O/c1-2-3-10(4-5-11)12-6-8-13-9-7-12/h2,10H,1,3-4,6-9H2. The summed E-state index contributed by atoms with van der Waals surface area (Å²) in [6, 6.07) is 2.56. The Kier molecular flexibility index (Phi) is 4.52. The number of nitriles is 1. The average molecular weight is 180 g/mol. The summed E-state index contributed by atoms with van der Waals surface area (Å²) in [6.07, 6.45) is 3.37. The molecule has 1 saturated heterocycles. The maximum Gasteiger partial charge on any atom is 0.0638 e. The van der Waals surface area contributed by atoms with Crippen LogP contribution < -0.4 is 0 Å². The van der Waals surface area contributed by atoms with E-state index >= 15 is 0 Å². The molecule has 0 aromatic heterocycles. The molecule has 0 aromatic carbocycles. The van der Waals surface area contributed by atoms with Crippen molar-refractivity contribution in [1.29, 1.82) is 5.26 Å². The van der Waals surface area contributed by atoms with Gasteiger partial charge in [0.25, 0.3) is 0 Å². The second-order valence-corrected chi connectivity index (χ2v) is 3.19. The number of hydrogen-bond acceptors (Lipinski definition) is 3. The van der Waals surface area contributed by atoms with Crippen molar-refractivity contribution in [2.75, 3.05) is 26.3 Å². The lowest BCUT2D eigenvalue weighted by atomic mass is 10.1. The summed E-state index contributed by atoms with van der Waals surface area (Å²) < 4.78 is 5.26. The SMILES string of the molecule is C=CCC(CC#N)N1CCOCC1. The molecule has 72 valence electrons. The Balaban J connectivity index is 2.41. The molecule has 0 saturated carbocycles. The largest absolute Gasteiger partial charge is 0.379 e. The van der Waals surface area contributed by atoms with Crippen molar-refractivity contribution >= 4 is 0 Å². The third-order valence-electron chi connectivity index (χ3n) is 2.33. The summed E-state index contributed by atoms with van der Waals surface area (Å²) in [5.41, 5.74) is 0. The minimum Gasteiger partial charge on any atom is -0.379 e. The van der Waals surface area contributed by atoms with E-state index in [-0.39, 0.29) is 0 Å². The van der Waals surface area contributed by atoms with Gasteiger partial charge < -0.3 is 4.74 Å². The molecule has 1 unspecified atom stereocenters. The van der Waals surface area contributed by atoms with Crippen LogP contribution >= 0.6 is 0 Å². The van der Waals surface area contributed by atoms with Crippen molar-refractivity contribution in [3.8, 4) is 6.07 Å². The van der Waals surface area contributed by atoms with Crippen LogP contribution in [0.15, 0.2) is 12.7 Å². The summed E-state index contributed by atoms with van der Waals surface area (Å²) in [5, 5.41) is 8.65. The normalized spacial score (nSPS) is 20.5. The topological polar surface area (TPSA) is 36.3 Å². The zero-order chi connectivity index (χ0) is 9.52. The third-order valence-corrected chi connectivity index (χ3v) is 2.33. The quantitative estimate of drug-likeness (QED) is 0.609. The molecule has 1 aliphatic heterocycles. The minimum absolute atomic E-state index is 0.339. The fraction of sp³-hybridized carbons (Fsp3) is 0.700. The molecule has 3 heteroatoms.